The predicted molar refractivity (Wildman–Crippen MR) is 121 cm³/mol. The molecule has 1 saturated heterocycles. The third-order valence-electron chi connectivity index (χ3n) is 3.71. The molecule has 1 fully saturated rings. The van der Waals surface area contributed by atoms with Crippen molar-refractivity contribution >= 4 is 83.8 Å². The van der Waals surface area contributed by atoms with Gasteiger partial charge in [0.2, 0.25) is 0 Å². The number of ether oxygens (including phenoxy) is 2. The lowest BCUT2D eigenvalue weighted by molar-refractivity contribution is -0.142. The lowest BCUT2D eigenvalue weighted by Crippen LogP contribution is -2.27. The number of thioether (sulfide) groups is 1. The van der Waals surface area contributed by atoms with Crippen molar-refractivity contribution in [2.45, 2.75) is 0 Å². The van der Waals surface area contributed by atoms with E-state index in [0.717, 1.165) is 15.7 Å². The fraction of sp³-hybridized carbons (Fsp3) is 0.105. The van der Waals surface area contributed by atoms with E-state index in [1.54, 1.807) is 24.3 Å². The second kappa shape index (κ2) is 9.21. The zero-order valence-corrected chi connectivity index (χ0v) is 19.3. The Morgan fingerprint density at radius 3 is 2.57 bits per heavy atom. The molecule has 0 unspecified atom stereocenters. The van der Waals surface area contributed by atoms with Crippen molar-refractivity contribution < 1.29 is 19.1 Å². The highest BCUT2D eigenvalue weighted by Crippen LogP contribution is 2.37. The summed E-state index contributed by atoms with van der Waals surface area (Å²) in [6.07, 6.45) is 1.77. The average Bonchev–Trinajstić information content (AvgIpc) is 2.95. The van der Waals surface area contributed by atoms with Crippen molar-refractivity contribution in [3.8, 4) is 5.75 Å². The first-order valence-electron chi connectivity index (χ1n) is 7.91. The summed E-state index contributed by atoms with van der Waals surface area (Å²) in [5.41, 5.74) is 1.52. The molecular weight excluding hydrogens is 530 g/mol. The van der Waals surface area contributed by atoms with Crippen LogP contribution in [0.25, 0.3) is 6.08 Å². The van der Waals surface area contributed by atoms with Gasteiger partial charge in [0.15, 0.2) is 10.9 Å². The molecule has 0 saturated carbocycles. The molecule has 144 valence electrons. The van der Waals surface area contributed by atoms with Gasteiger partial charge in [-0.3, -0.25) is 9.69 Å². The van der Waals surface area contributed by atoms with Gasteiger partial charge in [0.1, 0.15) is 5.75 Å². The number of esters is 1. The number of anilines is 1. The van der Waals surface area contributed by atoms with Gasteiger partial charge in [-0.15, -0.1) is 0 Å². The molecule has 28 heavy (non-hydrogen) atoms. The molecular formula is C19H13Br2NO4S2. The van der Waals surface area contributed by atoms with Gasteiger partial charge < -0.3 is 9.47 Å². The van der Waals surface area contributed by atoms with E-state index < -0.39 is 5.97 Å². The quantitative estimate of drug-likeness (QED) is 0.295. The maximum Gasteiger partial charge on any atom is 0.343 e. The van der Waals surface area contributed by atoms with Gasteiger partial charge in [-0.05, 0) is 64.0 Å². The molecule has 0 N–H and O–H groups in total. The van der Waals surface area contributed by atoms with Gasteiger partial charge in [-0.2, -0.15) is 0 Å². The topological polar surface area (TPSA) is 55.8 Å². The molecule has 1 aliphatic rings. The molecule has 0 atom stereocenters. The lowest BCUT2D eigenvalue weighted by atomic mass is 10.2. The van der Waals surface area contributed by atoms with E-state index in [1.807, 2.05) is 24.3 Å². The second-order valence-electron chi connectivity index (χ2n) is 5.55. The Kier molecular flexibility index (Phi) is 6.92. The van der Waals surface area contributed by atoms with Gasteiger partial charge >= 0.3 is 5.97 Å². The van der Waals surface area contributed by atoms with Crippen LogP contribution in [0.5, 0.6) is 5.75 Å². The zero-order valence-electron chi connectivity index (χ0n) is 14.5. The Morgan fingerprint density at radius 2 is 1.93 bits per heavy atom. The van der Waals surface area contributed by atoms with Crippen LogP contribution >= 0.6 is 55.8 Å². The smallest absolute Gasteiger partial charge is 0.343 e. The highest BCUT2D eigenvalue weighted by molar-refractivity contribution is 9.10. The SMILES string of the molecule is COC(=O)COc1ccc(/C=C2/SC(=S)N(c3ccc(Br)cc3)C2=O)cc1Br. The third kappa shape index (κ3) is 4.83. The van der Waals surface area contributed by atoms with Crippen molar-refractivity contribution in [1.82, 2.24) is 0 Å². The predicted octanol–water partition coefficient (Wildman–Crippen LogP) is 5.17. The number of carbonyl (C=O) groups is 2. The Bertz CT molecular complexity index is 976. The summed E-state index contributed by atoms with van der Waals surface area (Å²) in [5.74, 6) is -0.128. The second-order valence-corrected chi connectivity index (χ2v) is 8.99. The van der Waals surface area contributed by atoms with Crippen LogP contribution in [-0.2, 0) is 14.3 Å². The molecule has 5 nitrogen and oxygen atoms in total. The Balaban J connectivity index is 1.79. The normalized spacial score (nSPS) is 15.2. The molecule has 3 rings (SSSR count). The maximum absolute atomic E-state index is 12.8. The van der Waals surface area contributed by atoms with E-state index in [9.17, 15) is 9.59 Å². The number of hydrogen-bond acceptors (Lipinski definition) is 6. The van der Waals surface area contributed by atoms with Crippen LogP contribution in [-0.4, -0.2) is 29.9 Å². The van der Waals surface area contributed by atoms with Crippen LogP contribution in [0.3, 0.4) is 0 Å². The molecule has 2 aromatic carbocycles. The van der Waals surface area contributed by atoms with Gasteiger partial charge in [0.05, 0.1) is 22.2 Å². The van der Waals surface area contributed by atoms with Crippen molar-refractivity contribution in [3.05, 3.63) is 61.9 Å². The monoisotopic (exact) mass is 541 g/mol. The lowest BCUT2D eigenvalue weighted by Gasteiger charge is -2.14. The summed E-state index contributed by atoms with van der Waals surface area (Å²) >= 11 is 13.4. The summed E-state index contributed by atoms with van der Waals surface area (Å²) in [6.45, 7) is -0.180. The molecule has 2 aromatic rings. The average molecular weight is 543 g/mol. The van der Waals surface area contributed by atoms with Crippen molar-refractivity contribution in [2.24, 2.45) is 0 Å². The highest BCUT2D eigenvalue weighted by atomic mass is 79.9. The van der Waals surface area contributed by atoms with E-state index >= 15 is 0 Å². The first kappa shape index (κ1) is 21.0. The number of carbonyl (C=O) groups excluding carboxylic acids is 2. The molecule has 1 aliphatic heterocycles. The first-order valence-corrected chi connectivity index (χ1v) is 10.7. The maximum atomic E-state index is 12.8. The minimum Gasteiger partial charge on any atom is -0.481 e. The molecule has 1 amide bonds. The largest absolute Gasteiger partial charge is 0.481 e. The van der Waals surface area contributed by atoms with Gasteiger partial charge in [0, 0.05) is 4.47 Å². The van der Waals surface area contributed by atoms with Crippen molar-refractivity contribution in [2.75, 3.05) is 18.6 Å². The first-order chi connectivity index (χ1) is 13.4. The minimum absolute atomic E-state index is 0.167. The number of amides is 1. The zero-order chi connectivity index (χ0) is 20.3. The number of rotatable bonds is 5. The van der Waals surface area contributed by atoms with Crippen LogP contribution in [0.15, 0.2) is 56.3 Å². The van der Waals surface area contributed by atoms with Gasteiger partial charge in [-0.25, -0.2) is 4.79 Å². The molecule has 1 heterocycles. The Labute approximate surface area is 188 Å². The van der Waals surface area contributed by atoms with E-state index in [2.05, 4.69) is 36.6 Å². The number of methoxy groups -OCH3 is 1. The van der Waals surface area contributed by atoms with Crippen LogP contribution < -0.4 is 9.64 Å². The summed E-state index contributed by atoms with van der Waals surface area (Å²) < 4.78 is 12.0. The summed E-state index contributed by atoms with van der Waals surface area (Å²) in [5, 5.41) is 0. The summed E-state index contributed by atoms with van der Waals surface area (Å²) in [7, 11) is 1.30. The number of halogens is 2. The summed E-state index contributed by atoms with van der Waals surface area (Å²) in [6, 6.07) is 12.7. The van der Waals surface area contributed by atoms with Crippen LogP contribution in [0.2, 0.25) is 0 Å². The van der Waals surface area contributed by atoms with Crippen LogP contribution in [0.4, 0.5) is 5.69 Å². The minimum atomic E-state index is -0.465. The Morgan fingerprint density at radius 1 is 1.21 bits per heavy atom. The molecule has 0 bridgehead atoms. The van der Waals surface area contributed by atoms with E-state index in [0.29, 0.717) is 19.4 Å². The molecule has 0 spiro atoms. The van der Waals surface area contributed by atoms with Crippen molar-refractivity contribution in [1.29, 1.82) is 0 Å². The van der Waals surface area contributed by atoms with Gasteiger partial charge in [-0.1, -0.05) is 46.0 Å². The molecule has 0 aromatic heterocycles. The van der Waals surface area contributed by atoms with E-state index in [1.165, 1.54) is 23.8 Å². The van der Waals surface area contributed by atoms with Gasteiger partial charge in [0.25, 0.3) is 5.91 Å². The number of nitrogens with zero attached hydrogens (tertiary/aromatic N) is 1. The standard InChI is InChI=1S/C19H13Br2NO4S2/c1-25-17(23)10-26-15-7-2-11(8-14(15)21)9-16-18(24)22(19(27)28-16)13-5-3-12(20)4-6-13/h2-9H,10H2,1H3/b16-9+. The van der Waals surface area contributed by atoms with E-state index in [4.69, 9.17) is 17.0 Å². The molecule has 9 heteroatoms. The molecule has 0 radical (unpaired) electrons. The fourth-order valence-electron chi connectivity index (χ4n) is 2.35. The number of benzene rings is 2. The van der Waals surface area contributed by atoms with Crippen LogP contribution in [0.1, 0.15) is 5.56 Å². The molecule has 0 aliphatic carbocycles. The Hall–Kier alpha value is -1.68. The van der Waals surface area contributed by atoms with Crippen LogP contribution in [0, 0.1) is 0 Å². The number of hydrogen-bond donors (Lipinski definition) is 0. The van der Waals surface area contributed by atoms with E-state index in [-0.39, 0.29) is 12.5 Å². The van der Waals surface area contributed by atoms with Crippen molar-refractivity contribution in [3.63, 3.8) is 0 Å². The number of thiocarbonyl (C=S) groups is 1. The highest BCUT2D eigenvalue weighted by Gasteiger charge is 2.33. The summed E-state index contributed by atoms with van der Waals surface area (Å²) in [4.78, 5) is 26.1. The third-order valence-corrected chi connectivity index (χ3v) is 6.16. The fourth-order valence-corrected chi connectivity index (χ4v) is 4.43.